The molecule has 1 amide bonds. The van der Waals surface area contributed by atoms with Crippen molar-refractivity contribution in [3.8, 4) is 0 Å². The van der Waals surface area contributed by atoms with Gasteiger partial charge in [0.15, 0.2) is 0 Å². The van der Waals surface area contributed by atoms with Crippen LogP contribution in [-0.4, -0.2) is 16.5 Å². The van der Waals surface area contributed by atoms with Gasteiger partial charge in [0.1, 0.15) is 0 Å². The number of carbonyl (C=O) groups is 1. The first-order valence-corrected chi connectivity index (χ1v) is 6.66. The molecule has 1 aliphatic carbocycles. The van der Waals surface area contributed by atoms with E-state index in [2.05, 4.69) is 17.5 Å². The predicted molar refractivity (Wildman–Crippen MR) is 75.6 cm³/mol. The van der Waals surface area contributed by atoms with Crippen molar-refractivity contribution in [1.82, 2.24) is 5.43 Å². The van der Waals surface area contributed by atoms with Crippen molar-refractivity contribution in [2.24, 2.45) is 11.0 Å². The standard InChI is InChI=1S/C14H17N3O3/c1-10-3-2-4-12(9-10)15-16-14(18)11-5-7-13(8-6-11)17(19)20/h5-8,10H,2-4,9H2,1H3,(H,16,18)/b15-12-/t10-/m0/s1. The first kappa shape index (κ1) is 14.2. The number of nitro groups is 1. The molecule has 20 heavy (non-hydrogen) atoms. The van der Waals surface area contributed by atoms with Gasteiger partial charge in [-0.25, -0.2) is 5.43 Å². The zero-order valence-electron chi connectivity index (χ0n) is 11.3. The van der Waals surface area contributed by atoms with Crippen LogP contribution in [0.4, 0.5) is 5.69 Å². The number of hydrogen-bond donors (Lipinski definition) is 1. The van der Waals surface area contributed by atoms with E-state index in [1.165, 1.54) is 30.7 Å². The number of hydrazone groups is 1. The molecule has 1 fully saturated rings. The number of rotatable bonds is 3. The van der Waals surface area contributed by atoms with E-state index in [1.807, 2.05) is 0 Å². The van der Waals surface area contributed by atoms with Gasteiger partial charge in [0, 0.05) is 23.4 Å². The number of nitrogens with one attached hydrogen (secondary N) is 1. The van der Waals surface area contributed by atoms with E-state index in [1.54, 1.807) is 0 Å². The van der Waals surface area contributed by atoms with Crippen molar-refractivity contribution >= 4 is 17.3 Å². The highest BCUT2D eigenvalue weighted by Crippen LogP contribution is 2.21. The smallest absolute Gasteiger partial charge is 0.267 e. The molecule has 106 valence electrons. The topological polar surface area (TPSA) is 84.6 Å². The summed E-state index contributed by atoms with van der Waals surface area (Å²) in [5, 5.41) is 14.7. The third-order valence-corrected chi connectivity index (χ3v) is 3.40. The number of carbonyl (C=O) groups excluding carboxylic acids is 1. The number of nitrogens with zero attached hydrogens (tertiary/aromatic N) is 2. The summed E-state index contributed by atoms with van der Waals surface area (Å²) in [7, 11) is 0. The molecule has 2 rings (SSSR count). The molecule has 1 aromatic rings. The summed E-state index contributed by atoms with van der Waals surface area (Å²) >= 11 is 0. The lowest BCUT2D eigenvalue weighted by molar-refractivity contribution is -0.384. The van der Waals surface area contributed by atoms with E-state index >= 15 is 0 Å². The Bertz CT molecular complexity index is 537. The fraction of sp³-hybridized carbons (Fsp3) is 0.429. The number of benzene rings is 1. The molecule has 6 heteroatoms. The van der Waals surface area contributed by atoms with Crippen molar-refractivity contribution < 1.29 is 9.72 Å². The van der Waals surface area contributed by atoms with Crippen LogP contribution in [0.5, 0.6) is 0 Å². The summed E-state index contributed by atoms with van der Waals surface area (Å²) in [5.41, 5.74) is 3.86. The predicted octanol–water partition coefficient (Wildman–Crippen LogP) is 2.89. The van der Waals surface area contributed by atoms with Crippen molar-refractivity contribution in [2.75, 3.05) is 0 Å². The number of amides is 1. The van der Waals surface area contributed by atoms with Crippen LogP contribution in [0.1, 0.15) is 43.0 Å². The van der Waals surface area contributed by atoms with E-state index in [4.69, 9.17) is 0 Å². The first-order valence-electron chi connectivity index (χ1n) is 6.66. The lowest BCUT2D eigenvalue weighted by Gasteiger charge is -2.18. The molecule has 1 N–H and O–H groups in total. The molecule has 1 aliphatic rings. The monoisotopic (exact) mass is 275 g/mol. The lowest BCUT2D eigenvalue weighted by Crippen LogP contribution is -2.22. The van der Waals surface area contributed by atoms with Crippen LogP contribution in [-0.2, 0) is 0 Å². The summed E-state index contributed by atoms with van der Waals surface area (Å²) in [6, 6.07) is 5.48. The van der Waals surface area contributed by atoms with E-state index in [9.17, 15) is 14.9 Å². The van der Waals surface area contributed by atoms with Gasteiger partial charge in [-0.3, -0.25) is 14.9 Å². The van der Waals surface area contributed by atoms with Crippen LogP contribution in [0.25, 0.3) is 0 Å². The highest BCUT2D eigenvalue weighted by molar-refractivity contribution is 5.95. The van der Waals surface area contributed by atoms with Gasteiger partial charge in [-0.2, -0.15) is 5.10 Å². The minimum Gasteiger partial charge on any atom is -0.267 e. The van der Waals surface area contributed by atoms with E-state index < -0.39 is 4.92 Å². The second-order valence-corrected chi connectivity index (χ2v) is 5.12. The van der Waals surface area contributed by atoms with E-state index in [0.717, 1.165) is 25.0 Å². The van der Waals surface area contributed by atoms with E-state index in [0.29, 0.717) is 11.5 Å². The van der Waals surface area contributed by atoms with Crippen LogP contribution in [0.2, 0.25) is 0 Å². The minimum absolute atomic E-state index is 0.0334. The van der Waals surface area contributed by atoms with E-state index in [-0.39, 0.29) is 11.6 Å². The third-order valence-electron chi connectivity index (χ3n) is 3.40. The minimum atomic E-state index is -0.495. The average molecular weight is 275 g/mol. The molecule has 1 atom stereocenters. The second-order valence-electron chi connectivity index (χ2n) is 5.12. The van der Waals surface area contributed by atoms with Crippen LogP contribution >= 0.6 is 0 Å². The number of hydrogen-bond acceptors (Lipinski definition) is 4. The van der Waals surface area contributed by atoms with Crippen LogP contribution in [0, 0.1) is 16.0 Å². The molecule has 1 saturated carbocycles. The average Bonchev–Trinajstić information content (AvgIpc) is 2.45. The van der Waals surface area contributed by atoms with Crippen molar-refractivity contribution in [3.63, 3.8) is 0 Å². The highest BCUT2D eigenvalue weighted by atomic mass is 16.6. The molecule has 1 aromatic carbocycles. The van der Waals surface area contributed by atoms with Crippen LogP contribution in [0.3, 0.4) is 0 Å². The van der Waals surface area contributed by atoms with Crippen LogP contribution in [0.15, 0.2) is 29.4 Å². The normalized spacial score (nSPS) is 20.6. The molecule has 0 unspecified atom stereocenters. The maximum Gasteiger partial charge on any atom is 0.271 e. The fourth-order valence-corrected chi connectivity index (χ4v) is 2.29. The molecule has 0 aromatic heterocycles. The summed E-state index contributed by atoms with van der Waals surface area (Å²) in [5.74, 6) is 0.268. The van der Waals surface area contributed by atoms with Gasteiger partial charge in [0.2, 0.25) is 0 Å². The zero-order valence-corrected chi connectivity index (χ0v) is 11.3. The Morgan fingerprint density at radius 1 is 1.40 bits per heavy atom. The maximum atomic E-state index is 11.9. The Kier molecular flexibility index (Phi) is 4.45. The fourth-order valence-electron chi connectivity index (χ4n) is 2.29. The molecule has 6 nitrogen and oxygen atoms in total. The molecule has 0 saturated heterocycles. The first-order chi connectivity index (χ1) is 9.56. The Hall–Kier alpha value is -2.24. The molecule has 0 aliphatic heterocycles. The number of non-ortho nitro benzene ring substituents is 1. The molecular weight excluding hydrogens is 258 g/mol. The van der Waals surface area contributed by atoms with Gasteiger partial charge < -0.3 is 0 Å². The lowest BCUT2D eigenvalue weighted by atomic mass is 9.89. The van der Waals surface area contributed by atoms with Gasteiger partial charge in [0.25, 0.3) is 11.6 Å². The number of nitro benzene ring substituents is 1. The summed E-state index contributed by atoms with van der Waals surface area (Å²) in [6.45, 7) is 2.17. The van der Waals surface area contributed by atoms with Crippen LogP contribution < -0.4 is 5.43 Å². The zero-order chi connectivity index (χ0) is 14.5. The summed E-state index contributed by atoms with van der Waals surface area (Å²) < 4.78 is 0. The van der Waals surface area contributed by atoms with Crippen molar-refractivity contribution in [1.29, 1.82) is 0 Å². The molecule has 0 spiro atoms. The molecule has 0 radical (unpaired) electrons. The largest absolute Gasteiger partial charge is 0.271 e. The molecule has 0 heterocycles. The third kappa shape index (κ3) is 3.63. The Morgan fingerprint density at radius 3 is 2.70 bits per heavy atom. The van der Waals surface area contributed by atoms with Gasteiger partial charge in [-0.15, -0.1) is 0 Å². The van der Waals surface area contributed by atoms with Gasteiger partial charge in [0.05, 0.1) is 4.92 Å². The maximum absolute atomic E-state index is 11.9. The summed E-state index contributed by atoms with van der Waals surface area (Å²) in [6.07, 6.45) is 4.15. The second kappa shape index (κ2) is 6.27. The van der Waals surface area contributed by atoms with Gasteiger partial charge in [-0.1, -0.05) is 6.92 Å². The molecule has 0 bridgehead atoms. The summed E-state index contributed by atoms with van der Waals surface area (Å²) in [4.78, 5) is 21.9. The highest BCUT2D eigenvalue weighted by Gasteiger charge is 2.14. The molecular formula is C14H17N3O3. The van der Waals surface area contributed by atoms with Crippen molar-refractivity contribution in [3.05, 3.63) is 39.9 Å². The van der Waals surface area contributed by atoms with Crippen molar-refractivity contribution in [2.45, 2.75) is 32.6 Å². The Morgan fingerprint density at radius 2 is 2.10 bits per heavy atom. The van der Waals surface area contributed by atoms with Gasteiger partial charge in [-0.05, 0) is 43.7 Å². The SMILES string of the molecule is C[C@H]1CCC/C(=N/NC(=O)c2ccc([N+](=O)[O-])cc2)C1. The van der Waals surface area contributed by atoms with Gasteiger partial charge >= 0.3 is 0 Å². The quantitative estimate of drug-likeness (QED) is 0.680. The Labute approximate surface area is 117 Å². The Balaban J connectivity index is 1.97.